The van der Waals surface area contributed by atoms with Gasteiger partial charge >= 0.3 is 18.4 Å². The quantitative estimate of drug-likeness (QED) is 0.548. The molecule has 2 aromatic rings. The molecule has 0 saturated carbocycles. The number of aliphatic hydroxyl groups is 1. The van der Waals surface area contributed by atoms with E-state index in [-0.39, 0.29) is 22.9 Å². The van der Waals surface area contributed by atoms with Gasteiger partial charge in [0.1, 0.15) is 11.4 Å². The molecule has 0 aliphatic rings. The summed E-state index contributed by atoms with van der Waals surface area (Å²) < 4.78 is 97.2. The SMILES string of the molecule is CC(C)(C)OC(=O)Nc1ccc(-c2ccc(C(O)(C(F)(F)F)C(F)(F)F)cc2F)cc1. The van der Waals surface area contributed by atoms with Gasteiger partial charge < -0.3 is 9.84 Å². The molecule has 0 bridgehead atoms. The van der Waals surface area contributed by atoms with Crippen LogP contribution in [0, 0.1) is 5.82 Å². The highest BCUT2D eigenvalue weighted by Gasteiger charge is 2.71. The van der Waals surface area contributed by atoms with Gasteiger partial charge in [-0.3, -0.25) is 5.32 Å². The Hall–Kier alpha value is -2.82. The summed E-state index contributed by atoms with van der Waals surface area (Å²) in [5.41, 5.74) is -7.60. The van der Waals surface area contributed by atoms with Crippen LogP contribution in [0.1, 0.15) is 26.3 Å². The molecule has 0 fully saturated rings. The van der Waals surface area contributed by atoms with E-state index < -0.39 is 41.0 Å². The monoisotopic (exact) mass is 453 g/mol. The average Bonchev–Trinajstić information content (AvgIpc) is 2.58. The van der Waals surface area contributed by atoms with Crippen molar-refractivity contribution >= 4 is 11.8 Å². The minimum atomic E-state index is -6.12. The van der Waals surface area contributed by atoms with E-state index >= 15 is 0 Å². The Morgan fingerprint density at radius 1 is 0.903 bits per heavy atom. The van der Waals surface area contributed by atoms with E-state index in [4.69, 9.17) is 4.74 Å². The van der Waals surface area contributed by atoms with E-state index in [0.717, 1.165) is 0 Å². The van der Waals surface area contributed by atoms with Crippen molar-refractivity contribution in [2.24, 2.45) is 0 Å². The maximum absolute atomic E-state index is 14.4. The summed E-state index contributed by atoms with van der Waals surface area (Å²) in [6.45, 7) is 4.96. The third kappa shape index (κ3) is 5.27. The van der Waals surface area contributed by atoms with Crippen LogP contribution in [0.15, 0.2) is 42.5 Å². The fourth-order valence-corrected chi connectivity index (χ4v) is 2.62. The summed E-state index contributed by atoms with van der Waals surface area (Å²) in [4.78, 5) is 11.7. The molecule has 0 aromatic heterocycles. The average molecular weight is 453 g/mol. The summed E-state index contributed by atoms with van der Waals surface area (Å²) in [6.07, 6.45) is -13.0. The zero-order valence-electron chi connectivity index (χ0n) is 16.5. The number of hydrogen-bond donors (Lipinski definition) is 2. The zero-order chi connectivity index (χ0) is 23.8. The van der Waals surface area contributed by atoms with Crippen molar-refractivity contribution in [1.82, 2.24) is 0 Å². The van der Waals surface area contributed by atoms with E-state index in [1.165, 1.54) is 24.3 Å². The Labute approximate surface area is 172 Å². The first-order valence-corrected chi connectivity index (χ1v) is 8.72. The second-order valence-corrected chi connectivity index (χ2v) is 7.60. The summed E-state index contributed by atoms with van der Waals surface area (Å²) in [7, 11) is 0. The van der Waals surface area contributed by atoms with Gasteiger partial charge in [-0.1, -0.05) is 24.3 Å². The first-order valence-electron chi connectivity index (χ1n) is 8.72. The molecule has 0 aliphatic carbocycles. The van der Waals surface area contributed by atoms with Crippen molar-refractivity contribution in [2.45, 2.75) is 44.3 Å². The highest BCUT2D eigenvalue weighted by atomic mass is 19.4. The fourth-order valence-electron chi connectivity index (χ4n) is 2.62. The molecule has 170 valence electrons. The molecule has 2 aromatic carbocycles. The third-order valence-corrected chi connectivity index (χ3v) is 4.05. The highest BCUT2D eigenvalue weighted by Crippen LogP contribution is 2.50. The number of hydrogen-bond acceptors (Lipinski definition) is 3. The van der Waals surface area contributed by atoms with Gasteiger partial charge in [-0.2, -0.15) is 26.3 Å². The largest absolute Gasteiger partial charge is 0.444 e. The number of ether oxygens (including phenoxy) is 1. The highest BCUT2D eigenvalue weighted by molar-refractivity contribution is 5.85. The van der Waals surface area contributed by atoms with Crippen LogP contribution in [-0.2, 0) is 10.3 Å². The lowest BCUT2D eigenvalue weighted by atomic mass is 9.90. The molecular weight excluding hydrogens is 435 g/mol. The van der Waals surface area contributed by atoms with Crippen molar-refractivity contribution < 1.29 is 45.4 Å². The van der Waals surface area contributed by atoms with Crippen LogP contribution in [0.3, 0.4) is 0 Å². The molecule has 0 aliphatic heterocycles. The van der Waals surface area contributed by atoms with Crippen molar-refractivity contribution in [3.63, 3.8) is 0 Å². The molecule has 11 heteroatoms. The Bertz CT molecular complexity index is 931. The Kier molecular flexibility index (Phi) is 6.33. The number of rotatable bonds is 3. The number of carbonyl (C=O) groups excluding carboxylic acids is 1. The lowest BCUT2D eigenvalue weighted by Gasteiger charge is -2.32. The van der Waals surface area contributed by atoms with Gasteiger partial charge in [0.25, 0.3) is 5.60 Å². The van der Waals surface area contributed by atoms with Crippen molar-refractivity contribution in [1.29, 1.82) is 0 Å². The van der Waals surface area contributed by atoms with Crippen molar-refractivity contribution in [3.05, 3.63) is 53.8 Å². The molecule has 0 atom stereocenters. The van der Waals surface area contributed by atoms with Crippen LogP contribution in [0.2, 0.25) is 0 Å². The second kappa shape index (κ2) is 8.03. The van der Waals surface area contributed by atoms with Crippen molar-refractivity contribution in [3.8, 4) is 11.1 Å². The van der Waals surface area contributed by atoms with Gasteiger partial charge in [-0.15, -0.1) is 0 Å². The van der Waals surface area contributed by atoms with Gasteiger partial charge in [-0.25, -0.2) is 9.18 Å². The molecule has 0 saturated heterocycles. The minimum absolute atomic E-state index is 0.0107. The smallest absolute Gasteiger partial charge is 0.430 e. The number of halogens is 7. The molecule has 0 radical (unpaired) electrons. The number of amides is 1. The van der Waals surface area contributed by atoms with Crippen LogP contribution >= 0.6 is 0 Å². The molecular formula is C20H18F7NO3. The van der Waals surface area contributed by atoms with E-state index in [2.05, 4.69) is 5.32 Å². The Morgan fingerprint density at radius 3 is 1.84 bits per heavy atom. The first-order chi connectivity index (χ1) is 14.0. The third-order valence-electron chi connectivity index (χ3n) is 4.05. The zero-order valence-corrected chi connectivity index (χ0v) is 16.5. The number of alkyl halides is 6. The summed E-state index contributed by atoms with van der Waals surface area (Å²) in [5, 5.41) is 11.8. The van der Waals surface area contributed by atoms with E-state index in [0.29, 0.717) is 12.1 Å². The van der Waals surface area contributed by atoms with E-state index in [1.807, 2.05) is 0 Å². The molecule has 0 spiro atoms. The van der Waals surface area contributed by atoms with Gasteiger partial charge in [0.15, 0.2) is 0 Å². The molecule has 4 nitrogen and oxygen atoms in total. The minimum Gasteiger partial charge on any atom is -0.444 e. The standard InChI is InChI=1S/C20H18F7NO3/c1-17(2,3)31-16(29)28-13-7-4-11(5-8-13)14-9-6-12(10-15(14)21)18(30,19(22,23)24)20(25,26)27/h4-10,30H,1-3H3,(H,28,29). The second-order valence-electron chi connectivity index (χ2n) is 7.60. The van der Waals surface area contributed by atoms with E-state index in [1.54, 1.807) is 20.8 Å². The van der Waals surface area contributed by atoms with Gasteiger partial charge in [0, 0.05) is 16.8 Å². The molecule has 2 N–H and O–H groups in total. The summed E-state index contributed by atoms with van der Waals surface area (Å²) in [6, 6.07) is 6.32. The maximum Gasteiger partial charge on any atom is 0.430 e. The van der Waals surface area contributed by atoms with Crippen LogP contribution in [0.25, 0.3) is 11.1 Å². The van der Waals surface area contributed by atoms with Crippen molar-refractivity contribution in [2.75, 3.05) is 5.32 Å². The number of anilines is 1. The van der Waals surface area contributed by atoms with E-state index in [9.17, 15) is 40.6 Å². The van der Waals surface area contributed by atoms with Crippen LogP contribution in [-0.4, -0.2) is 29.2 Å². The number of benzene rings is 2. The first kappa shape index (κ1) is 24.4. The normalized spacial score (nSPS) is 13.1. The number of carbonyl (C=O) groups is 1. The molecule has 31 heavy (non-hydrogen) atoms. The van der Waals surface area contributed by atoms with Crippen LogP contribution < -0.4 is 5.32 Å². The molecule has 2 rings (SSSR count). The Balaban J connectivity index is 2.33. The van der Waals surface area contributed by atoms with Gasteiger partial charge in [0.05, 0.1) is 0 Å². The lowest BCUT2D eigenvalue weighted by molar-refractivity contribution is -0.376. The maximum atomic E-state index is 14.4. The molecule has 0 unspecified atom stereocenters. The predicted molar refractivity (Wildman–Crippen MR) is 97.7 cm³/mol. The Morgan fingerprint density at radius 2 is 1.42 bits per heavy atom. The van der Waals surface area contributed by atoms with Crippen LogP contribution in [0.5, 0.6) is 0 Å². The van der Waals surface area contributed by atoms with Gasteiger partial charge in [0.2, 0.25) is 0 Å². The fraction of sp³-hybridized carbons (Fsp3) is 0.350. The molecule has 0 heterocycles. The summed E-state index contributed by atoms with van der Waals surface area (Å²) in [5.74, 6) is -1.41. The van der Waals surface area contributed by atoms with Crippen LogP contribution in [0.4, 0.5) is 41.2 Å². The lowest BCUT2D eigenvalue weighted by Crippen LogP contribution is -2.53. The topological polar surface area (TPSA) is 58.6 Å². The predicted octanol–water partition coefficient (Wildman–Crippen LogP) is 6.15. The number of nitrogens with one attached hydrogen (secondary N) is 1. The molecule has 1 amide bonds. The summed E-state index contributed by atoms with van der Waals surface area (Å²) >= 11 is 0. The van der Waals surface area contributed by atoms with Gasteiger partial charge in [-0.05, 0) is 44.5 Å².